The van der Waals surface area contributed by atoms with Crippen LogP contribution >= 0.6 is 23.1 Å². The first kappa shape index (κ1) is 16.3. The van der Waals surface area contributed by atoms with E-state index < -0.39 is 0 Å². The number of aromatic nitrogens is 1. The molecule has 0 radical (unpaired) electrons. The third-order valence-corrected chi connectivity index (χ3v) is 5.37. The lowest BCUT2D eigenvalue weighted by molar-refractivity contribution is -0.119. The number of aliphatic hydroxyl groups is 1. The Balaban J connectivity index is 1.88. The predicted molar refractivity (Wildman–Crippen MR) is 88.8 cm³/mol. The second-order valence-corrected chi connectivity index (χ2v) is 7.42. The normalized spacial score (nSPS) is 12.8. The molecule has 1 atom stereocenters. The molecule has 0 spiro atoms. The van der Waals surface area contributed by atoms with Crippen LogP contribution in [0.4, 0.5) is 0 Å². The molecule has 2 aromatic rings. The quantitative estimate of drug-likeness (QED) is 0.769. The summed E-state index contributed by atoms with van der Waals surface area (Å²) in [4.78, 5) is 16.5. The zero-order valence-corrected chi connectivity index (χ0v) is 13.8. The van der Waals surface area contributed by atoms with Gasteiger partial charge < -0.3 is 10.4 Å². The predicted octanol–water partition coefficient (Wildman–Crippen LogP) is 2.91. The van der Waals surface area contributed by atoms with Crippen LogP contribution in [0.2, 0.25) is 0 Å². The van der Waals surface area contributed by atoms with E-state index >= 15 is 0 Å². The smallest absolute Gasteiger partial charge is 0.230 e. The standard InChI is InChI=1S/C15H20N2O2S2/c1-10(2)11(7-8-18)16-14(19)9-20-15-17-12-5-3-4-6-13(12)21-15/h3-6,10-11,18H,7-9H2,1-2H3,(H,16,19). The highest BCUT2D eigenvalue weighted by molar-refractivity contribution is 8.01. The van der Waals surface area contributed by atoms with Crippen molar-refractivity contribution in [3.63, 3.8) is 0 Å². The molecule has 1 amide bonds. The number of thioether (sulfide) groups is 1. The number of carbonyl (C=O) groups excluding carboxylic acids is 1. The van der Waals surface area contributed by atoms with Crippen molar-refractivity contribution in [2.45, 2.75) is 30.6 Å². The van der Waals surface area contributed by atoms with Gasteiger partial charge in [-0.25, -0.2) is 4.98 Å². The van der Waals surface area contributed by atoms with Crippen molar-refractivity contribution in [1.29, 1.82) is 0 Å². The summed E-state index contributed by atoms with van der Waals surface area (Å²) in [7, 11) is 0. The van der Waals surface area contributed by atoms with Gasteiger partial charge in [0.25, 0.3) is 0 Å². The fraction of sp³-hybridized carbons (Fsp3) is 0.467. The van der Waals surface area contributed by atoms with E-state index in [-0.39, 0.29) is 18.6 Å². The van der Waals surface area contributed by atoms with E-state index in [2.05, 4.69) is 10.3 Å². The van der Waals surface area contributed by atoms with Gasteiger partial charge in [0.1, 0.15) is 0 Å². The van der Waals surface area contributed by atoms with Gasteiger partial charge >= 0.3 is 0 Å². The molecular weight excluding hydrogens is 304 g/mol. The number of rotatable bonds is 7. The van der Waals surface area contributed by atoms with Crippen LogP contribution in [0.1, 0.15) is 20.3 Å². The molecule has 2 rings (SSSR count). The number of aliphatic hydroxyl groups excluding tert-OH is 1. The van der Waals surface area contributed by atoms with Crippen molar-refractivity contribution in [2.24, 2.45) is 5.92 Å². The molecule has 4 nitrogen and oxygen atoms in total. The van der Waals surface area contributed by atoms with Crippen LogP contribution in [0.25, 0.3) is 10.2 Å². The highest BCUT2D eigenvalue weighted by Gasteiger charge is 2.16. The largest absolute Gasteiger partial charge is 0.396 e. The van der Waals surface area contributed by atoms with Crippen molar-refractivity contribution in [2.75, 3.05) is 12.4 Å². The van der Waals surface area contributed by atoms with Gasteiger partial charge in [-0.1, -0.05) is 37.7 Å². The lowest BCUT2D eigenvalue weighted by Gasteiger charge is -2.21. The molecule has 0 aliphatic rings. The minimum absolute atomic E-state index is 0.00796. The Morgan fingerprint density at radius 2 is 2.19 bits per heavy atom. The maximum atomic E-state index is 12.0. The molecular formula is C15H20N2O2S2. The molecule has 6 heteroatoms. The monoisotopic (exact) mass is 324 g/mol. The van der Waals surface area contributed by atoms with Gasteiger partial charge in [-0.05, 0) is 24.5 Å². The average molecular weight is 324 g/mol. The molecule has 0 bridgehead atoms. The molecule has 2 N–H and O–H groups in total. The molecule has 0 aliphatic carbocycles. The van der Waals surface area contributed by atoms with E-state index in [4.69, 9.17) is 5.11 Å². The highest BCUT2D eigenvalue weighted by Crippen LogP contribution is 2.29. The first-order valence-corrected chi connectivity index (χ1v) is 8.79. The van der Waals surface area contributed by atoms with Gasteiger partial charge in [-0.3, -0.25) is 4.79 Å². The first-order chi connectivity index (χ1) is 10.1. The average Bonchev–Trinajstić information content (AvgIpc) is 2.87. The molecule has 114 valence electrons. The van der Waals surface area contributed by atoms with Crippen molar-refractivity contribution in [3.8, 4) is 0 Å². The first-order valence-electron chi connectivity index (χ1n) is 6.98. The summed E-state index contributed by atoms with van der Waals surface area (Å²) in [5.41, 5.74) is 0.978. The van der Waals surface area contributed by atoms with Gasteiger partial charge in [0.2, 0.25) is 5.91 Å². The van der Waals surface area contributed by atoms with E-state index in [0.717, 1.165) is 14.6 Å². The molecule has 1 unspecified atom stereocenters. The third kappa shape index (κ3) is 4.69. The molecule has 1 aromatic heterocycles. The van der Waals surface area contributed by atoms with Crippen LogP contribution < -0.4 is 5.32 Å². The van der Waals surface area contributed by atoms with Crippen LogP contribution in [0.3, 0.4) is 0 Å². The van der Waals surface area contributed by atoms with E-state index in [9.17, 15) is 4.79 Å². The zero-order valence-electron chi connectivity index (χ0n) is 12.2. The van der Waals surface area contributed by atoms with Gasteiger partial charge in [0.15, 0.2) is 4.34 Å². The maximum absolute atomic E-state index is 12.0. The Labute approximate surface area is 133 Å². The number of nitrogens with zero attached hydrogens (tertiary/aromatic N) is 1. The van der Waals surface area contributed by atoms with Crippen LogP contribution in [0, 0.1) is 5.92 Å². The Kier molecular flexibility index (Phi) is 6.02. The number of hydrogen-bond donors (Lipinski definition) is 2. The number of para-hydroxylation sites is 1. The number of hydrogen-bond acceptors (Lipinski definition) is 5. The van der Waals surface area contributed by atoms with E-state index in [1.807, 2.05) is 38.1 Å². The summed E-state index contributed by atoms with van der Waals surface area (Å²) < 4.78 is 2.05. The zero-order chi connectivity index (χ0) is 15.2. The highest BCUT2D eigenvalue weighted by atomic mass is 32.2. The summed E-state index contributed by atoms with van der Waals surface area (Å²) in [6.45, 7) is 4.18. The molecule has 0 aliphatic heterocycles. The molecule has 1 heterocycles. The van der Waals surface area contributed by atoms with Crippen molar-refractivity contribution in [1.82, 2.24) is 10.3 Å². The third-order valence-electron chi connectivity index (χ3n) is 3.19. The number of thiazole rings is 1. The summed E-state index contributed by atoms with van der Waals surface area (Å²) in [6, 6.07) is 7.99. The topological polar surface area (TPSA) is 62.2 Å². The fourth-order valence-corrected chi connectivity index (χ4v) is 3.88. The lowest BCUT2D eigenvalue weighted by Crippen LogP contribution is -2.40. The number of carbonyl (C=O) groups is 1. The molecule has 21 heavy (non-hydrogen) atoms. The van der Waals surface area contributed by atoms with Crippen LogP contribution in [-0.4, -0.2) is 34.4 Å². The Bertz CT molecular complexity index is 565. The number of amides is 1. The maximum Gasteiger partial charge on any atom is 0.230 e. The second-order valence-electron chi connectivity index (χ2n) is 5.17. The van der Waals surface area contributed by atoms with Gasteiger partial charge in [0, 0.05) is 12.6 Å². The van der Waals surface area contributed by atoms with E-state index in [1.165, 1.54) is 11.8 Å². The fourth-order valence-electron chi connectivity index (χ4n) is 2.00. The van der Waals surface area contributed by atoms with Crippen LogP contribution in [0.15, 0.2) is 28.6 Å². The summed E-state index contributed by atoms with van der Waals surface area (Å²) in [5.74, 6) is 0.661. The Morgan fingerprint density at radius 3 is 2.86 bits per heavy atom. The van der Waals surface area contributed by atoms with Crippen molar-refractivity contribution >= 4 is 39.2 Å². The van der Waals surface area contributed by atoms with E-state index in [1.54, 1.807) is 11.3 Å². The molecule has 0 saturated carbocycles. The van der Waals surface area contributed by atoms with Gasteiger partial charge in [-0.15, -0.1) is 11.3 Å². The van der Waals surface area contributed by atoms with Crippen molar-refractivity contribution < 1.29 is 9.90 Å². The summed E-state index contributed by atoms with van der Waals surface area (Å²) >= 11 is 3.07. The summed E-state index contributed by atoms with van der Waals surface area (Å²) in [5, 5.41) is 12.0. The van der Waals surface area contributed by atoms with Crippen molar-refractivity contribution in [3.05, 3.63) is 24.3 Å². The molecule has 0 fully saturated rings. The Hall–Kier alpha value is -1.11. The van der Waals surface area contributed by atoms with Crippen LogP contribution in [0.5, 0.6) is 0 Å². The molecule has 1 aromatic carbocycles. The minimum atomic E-state index is -0.00796. The number of fused-ring (bicyclic) bond motifs is 1. The number of benzene rings is 1. The minimum Gasteiger partial charge on any atom is -0.396 e. The molecule has 0 saturated heterocycles. The lowest BCUT2D eigenvalue weighted by atomic mass is 10.0. The number of nitrogens with one attached hydrogen (secondary N) is 1. The van der Waals surface area contributed by atoms with Gasteiger partial charge in [0.05, 0.1) is 16.0 Å². The summed E-state index contributed by atoms with van der Waals surface area (Å²) in [6.07, 6.45) is 0.592. The van der Waals surface area contributed by atoms with E-state index in [0.29, 0.717) is 18.1 Å². The van der Waals surface area contributed by atoms with Crippen LogP contribution in [-0.2, 0) is 4.79 Å². The SMILES string of the molecule is CC(C)C(CCO)NC(=O)CSc1nc2ccccc2s1. The Morgan fingerprint density at radius 1 is 1.43 bits per heavy atom. The second kappa shape index (κ2) is 7.77. The van der Waals surface area contributed by atoms with Gasteiger partial charge in [-0.2, -0.15) is 0 Å².